The molecule has 0 spiro atoms. The maximum atomic E-state index is 12.0. The molecule has 0 saturated heterocycles. The first-order chi connectivity index (χ1) is 11.6. The normalized spacial score (nSPS) is 10.8. The average molecular weight is 320 g/mol. The van der Waals surface area contributed by atoms with E-state index >= 15 is 0 Å². The zero-order valence-electron chi connectivity index (χ0n) is 12.5. The van der Waals surface area contributed by atoms with Gasteiger partial charge in [-0.2, -0.15) is 0 Å². The molecule has 0 aliphatic carbocycles. The molecular weight excluding hydrogens is 308 g/mol. The fourth-order valence-corrected chi connectivity index (χ4v) is 2.11. The molecule has 0 unspecified atom stereocenters. The monoisotopic (exact) mass is 320 g/mol. The Hall–Kier alpha value is -3.54. The average Bonchev–Trinajstić information content (AvgIpc) is 3.09. The number of allylic oxidation sites excluding steroid dienone is 1. The van der Waals surface area contributed by atoms with Gasteiger partial charge in [0.15, 0.2) is 5.78 Å². The molecule has 24 heavy (non-hydrogen) atoms. The Balaban J connectivity index is 1.74. The third kappa shape index (κ3) is 3.44. The number of hydrogen-bond donors (Lipinski definition) is 0. The van der Waals surface area contributed by atoms with E-state index in [0.717, 1.165) is 5.56 Å². The maximum absolute atomic E-state index is 12.0. The molecule has 3 rings (SSSR count). The van der Waals surface area contributed by atoms with Crippen molar-refractivity contribution in [3.63, 3.8) is 0 Å². The molecule has 2 aromatic heterocycles. The molecule has 0 amide bonds. The Morgan fingerprint density at radius 2 is 1.92 bits per heavy atom. The van der Waals surface area contributed by atoms with Crippen molar-refractivity contribution in [3.05, 3.63) is 88.4 Å². The molecule has 0 fully saturated rings. The summed E-state index contributed by atoms with van der Waals surface area (Å²) >= 11 is 0. The van der Waals surface area contributed by atoms with Gasteiger partial charge < -0.3 is 4.42 Å². The second kappa shape index (κ2) is 6.70. The number of rotatable bonds is 5. The van der Waals surface area contributed by atoms with E-state index in [1.54, 1.807) is 48.7 Å². The Morgan fingerprint density at radius 1 is 1.12 bits per heavy atom. The van der Waals surface area contributed by atoms with Crippen LogP contribution in [0.1, 0.15) is 16.1 Å². The lowest BCUT2D eigenvalue weighted by Gasteiger charge is -1.96. The highest BCUT2D eigenvalue weighted by Gasteiger charge is 2.08. The summed E-state index contributed by atoms with van der Waals surface area (Å²) in [6, 6.07) is 12.9. The fourth-order valence-electron chi connectivity index (χ4n) is 2.11. The third-order valence-electron chi connectivity index (χ3n) is 3.33. The van der Waals surface area contributed by atoms with Crippen molar-refractivity contribution >= 4 is 17.5 Å². The van der Waals surface area contributed by atoms with Crippen LogP contribution in [-0.4, -0.2) is 15.7 Å². The lowest BCUT2D eigenvalue weighted by Crippen LogP contribution is -1.93. The predicted molar refractivity (Wildman–Crippen MR) is 88.4 cm³/mol. The lowest BCUT2D eigenvalue weighted by molar-refractivity contribution is -0.384. The molecule has 0 bridgehead atoms. The van der Waals surface area contributed by atoms with E-state index in [1.807, 2.05) is 0 Å². The first kappa shape index (κ1) is 15.4. The number of ketones is 1. The van der Waals surface area contributed by atoms with Crippen molar-refractivity contribution in [3.8, 4) is 11.3 Å². The minimum Gasteiger partial charge on any atom is -0.457 e. The molecule has 0 aliphatic rings. The number of nitro benzene ring substituents is 1. The number of non-ortho nitro benzene ring substituents is 1. The van der Waals surface area contributed by atoms with Crippen LogP contribution in [0.15, 0.2) is 71.4 Å². The first-order valence-electron chi connectivity index (χ1n) is 7.10. The van der Waals surface area contributed by atoms with Crippen LogP contribution in [-0.2, 0) is 0 Å². The van der Waals surface area contributed by atoms with Crippen molar-refractivity contribution in [1.82, 2.24) is 4.98 Å². The van der Waals surface area contributed by atoms with Crippen LogP contribution in [0.3, 0.4) is 0 Å². The van der Waals surface area contributed by atoms with Crippen molar-refractivity contribution in [1.29, 1.82) is 0 Å². The second-order valence-electron chi connectivity index (χ2n) is 4.95. The summed E-state index contributed by atoms with van der Waals surface area (Å²) in [7, 11) is 0. The first-order valence-corrected chi connectivity index (χ1v) is 7.10. The van der Waals surface area contributed by atoms with E-state index in [0.29, 0.717) is 17.1 Å². The predicted octanol–water partition coefficient (Wildman–Crippen LogP) is 4.15. The summed E-state index contributed by atoms with van der Waals surface area (Å²) < 4.78 is 5.63. The number of nitrogens with zero attached hydrogens (tertiary/aromatic N) is 2. The molecular formula is C18H12N2O4. The van der Waals surface area contributed by atoms with Crippen molar-refractivity contribution in [2.45, 2.75) is 0 Å². The smallest absolute Gasteiger partial charge is 0.269 e. The van der Waals surface area contributed by atoms with Crippen LogP contribution in [0.4, 0.5) is 5.69 Å². The standard InChI is InChI=1S/C18H12N2O4/c21-17(14-2-1-11-19-12-14)9-7-16-8-10-18(24-16)13-3-5-15(6-4-13)20(22)23/h1-12H/b9-7+. The highest BCUT2D eigenvalue weighted by atomic mass is 16.6. The van der Waals surface area contributed by atoms with Crippen LogP contribution in [0.25, 0.3) is 17.4 Å². The molecule has 2 heterocycles. The van der Waals surface area contributed by atoms with E-state index < -0.39 is 4.92 Å². The summed E-state index contributed by atoms with van der Waals surface area (Å²) in [4.78, 5) is 26.1. The maximum Gasteiger partial charge on any atom is 0.269 e. The van der Waals surface area contributed by atoms with Gasteiger partial charge in [-0.15, -0.1) is 0 Å². The number of pyridine rings is 1. The van der Waals surface area contributed by atoms with Crippen molar-refractivity contribution < 1.29 is 14.1 Å². The summed E-state index contributed by atoms with van der Waals surface area (Å²) in [5.41, 5.74) is 1.24. The largest absolute Gasteiger partial charge is 0.457 e. The molecule has 6 heteroatoms. The lowest BCUT2D eigenvalue weighted by atomic mass is 10.1. The summed E-state index contributed by atoms with van der Waals surface area (Å²) in [6.07, 6.45) is 6.08. The van der Waals surface area contributed by atoms with E-state index in [9.17, 15) is 14.9 Å². The van der Waals surface area contributed by atoms with Crippen LogP contribution in [0.2, 0.25) is 0 Å². The number of carbonyl (C=O) groups excluding carboxylic acids is 1. The summed E-state index contributed by atoms with van der Waals surface area (Å²) in [5, 5.41) is 10.7. The Labute approximate surface area is 137 Å². The van der Waals surface area contributed by atoms with Gasteiger partial charge in [0, 0.05) is 35.7 Å². The number of furan rings is 1. The van der Waals surface area contributed by atoms with Crippen molar-refractivity contribution in [2.75, 3.05) is 0 Å². The Bertz CT molecular complexity index is 896. The van der Waals surface area contributed by atoms with Gasteiger partial charge in [-0.1, -0.05) is 0 Å². The number of nitro groups is 1. The summed E-state index contributed by atoms with van der Waals surface area (Å²) in [5.74, 6) is 0.912. The summed E-state index contributed by atoms with van der Waals surface area (Å²) in [6.45, 7) is 0. The minimum absolute atomic E-state index is 0.0208. The van der Waals surface area contributed by atoms with Gasteiger partial charge >= 0.3 is 0 Å². The van der Waals surface area contributed by atoms with E-state index in [4.69, 9.17) is 4.42 Å². The molecule has 0 saturated carbocycles. The zero-order valence-corrected chi connectivity index (χ0v) is 12.5. The molecule has 3 aromatic rings. The second-order valence-corrected chi connectivity index (χ2v) is 4.95. The van der Waals surface area contributed by atoms with Crippen LogP contribution >= 0.6 is 0 Å². The van der Waals surface area contributed by atoms with E-state index in [1.165, 1.54) is 24.4 Å². The quantitative estimate of drug-likeness (QED) is 0.305. The van der Waals surface area contributed by atoms with Crippen molar-refractivity contribution in [2.24, 2.45) is 0 Å². The molecule has 6 nitrogen and oxygen atoms in total. The highest BCUT2D eigenvalue weighted by Crippen LogP contribution is 2.25. The Morgan fingerprint density at radius 3 is 2.58 bits per heavy atom. The fraction of sp³-hybridized carbons (Fsp3) is 0. The molecule has 1 aromatic carbocycles. The molecule has 0 atom stereocenters. The number of carbonyl (C=O) groups is 1. The van der Waals surface area contributed by atoms with Gasteiger partial charge in [0.2, 0.25) is 0 Å². The van der Waals surface area contributed by atoms with Gasteiger partial charge in [0.05, 0.1) is 4.92 Å². The van der Waals surface area contributed by atoms with E-state index in [2.05, 4.69) is 4.98 Å². The molecule has 0 radical (unpaired) electrons. The van der Waals surface area contributed by atoms with Gasteiger partial charge in [-0.25, -0.2) is 0 Å². The highest BCUT2D eigenvalue weighted by molar-refractivity contribution is 6.06. The van der Waals surface area contributed by atoms with Gasteiger partial charge in [-0.3, -0.25) is 19.9 Å². The van der Waals surface area contributed by atoms with E-state index in [-0.39, 0.29) is 11.5 Å². The zero-order chi connectivity index (χ0) is 16.9. The number of benzene rings is 1. The topological polar surface area (TPSA) is 86.2 Å². The van der Waals surface area contributed by atoms with Crippen LogP contribution in [0.5, 0.6) is 0 Å². The van der Waals surface area contributed by atoms with Gasteiger partial charge in [0.25, 0.3) is 5.69 Å². The SMILES string of the molecule is O=C(/C=C/c1ccc(-c2ccc([N+](=O)[O-])cc2)o1)c1cccnc1. The number of aromatic nitrogens is 1. The van der Waals surface area contributed by atoms with Gasteiger partial charge in [0.1, 0.15) is 11.5 Å². The third-order valence-corrected chi connectivity index (χ3v) is 3.33. The van der Waals surface area contributed by atoms with Crippen LogP contribution < -0.4 is 0 Å². The Kier molecular flexibility index (Phi) is 4.29. The molecule has 118 valence electrons. The molecule has 0 aliphatic heterocycles. The molecule has 0 N–H and O–H groups in total. The number of hydrogen-bond acceptors (Lipinski definition) is 5. The van der Waals surface area contributed by atoms with Gasteiger partial charge in [-0.05, 0) is 48.6 Å². The minimum atomic E-state index is -0.454. The van der Waals surface area contributed by atoms with Crippen LogP contribution in [0, 0.1) is 10.1 Å².